The van der Waals surface area contributed by atoms with Crippen LogP contribution in [0.3, 0.4) is 0 Å². The highest BCUT2D eigenvalue weighted by Gasteiger charge is 2.17. The summed E-state index contributed by atoms with van der Waals surface area (Å²) in [7, 11) is 0. The predicted octanol–water partition coefficient (Wildman–Crippen LogP) is 5.19. The van der Waals surface area contributed by atoms with Gasteiger partial charge in [0.2, 0.25) is 0 Å². The number of aromatic nitrogens is 7. The first kappa shape index (κ1) is 31.2. The third kappa shape index (κ3) is 6.57. The van der Waals surface area contributed by atoms with Crippen molar-refractivity contribution in [1.29, 1.82) is 0 Å². The van der Waals surface area contributed by atoms with Crippen molar-refractivity contribution in [2.45, 2.75) is 39.4 Å². The quantitative estimate of drug-likeness (QED) is 0.120. The van der Waals surface area contributed by atoms with Crippen LogP contribution in [0.1, 0.15) is 25.5 Å². The van der Waals surface area contributed by atoms with E-state index in [1.54, 1.807) is 92.8 Å². The number of ether oxygens (including phenoxy) is 1. The maximum atomic E-state index is 13.7. The van der Waals surface area contributed by atoms with Gasteiger partial charge in [-0.25, -0.2) is 9.97 Å². The Kier molecular flexibility index (Phi) is 8.50. The lowest BCUT2D eigenvalue weighted by atomic mass is 10.1. The molecule has 0 radical (unpaired) electrons. The maximum absolute atomic E-state index is 13.7. The topological polar surface area (TPSA) is 147 Å². The van der Waals surface area contributed by atoms with Crippen molar-refractivity contribution in [2.24, 2.45) is 0 Å². The standard InChI is InChI=1S/C37H31N7O5/c1-24(45)49-29-13-9-11-26(21-29)35-39-33-17-5-3-15-31(33)37(48)44(35)23-27-22-42(41-40-27)18-6-7-19-43-34(25-10-8-12-28(46)20-25)38-32-16-4-2-14-30(32)36(43)47/h2-5,8-17,20-22,46H,6-7,18-19,23H2,1H3. The van der Waals surface area contributed by atoms with Crippen LogP contribution in [0, 0.1) is 0 Å². The molecule has 0 aliphatic rings. The molecule has 0 amide bonds. The minimum atomic E-state index is -0.449. The van der Waals surface area contributed by atoms with E-state index in [9.17, 15) is 19.5 Å². The number of fused-ring (bicyclic) bond motifs is 2. The van der Waals surface area contributed by atoms with Crippen LogP contribution >= 0.6 is 0 Å². The molecule has 1 N–H and O–H groups in total. The van der Waals surface area contributed by atoms with E-state index in [1.807, 2.05) is 24.3 Å². The number of aryl methyl sites for hydroxylation is 1. The van der Waals surface area contributed by atoms with Gasteiger partial charge in [0.1, 0.15) is 28.8 Å². The molecule has 3 heterocycles. The van der Waals surface area contributed by atoms with E-state index in [0.717, 1.165) is 0 Å². The van der Waals surface area contributed by atoms with Crippen LogP contribution in [-0.2, 0) is 24.4 Å². The average molecular weight is 654 g/mol. The molecule has 0 aliphatic carbocycles. The Balaban J connectivity index is 1.11. The fourth-order valence-electron chi connectivity index (χ4n) is 5.87. The lowest BCUT2D eigenvalue weighted by Crippen LogP contribution is -2.24. The molecule has 0 fully saturated rings. The summed E-state index contributed by atoms with van der Waals surface area (Å²) >= 11 is 0. The maximum Gasteiger partial charge on any atom is 0.308 e. The number of hydrogen-bond acceptors (Lipinski definition) is 9. The largest absolute Gasteiger partial charge is 0.508 e. The number of rotatable bonds is 10. The molecule has 0 saturated carbocycles. The van der Waals surface area contributed by atoms with Gasteiger partial charge < -0.3 is 9.84 Å². The molecule has 4 aromatic carbocycles. The molecular formula is C37H31N7O5. The van der Waals surface area contributed by atoms with Gasteiger partial charge in [-0.3, -0.25) is 28.2 Å². The number of nitrogens with zero attached hydrogens (tertiary/aromatic N) is 7. The SMILES string of the molecule is CC(=O)Oc1cccc(-c2nc3ccccc3c(=O)n2Cc2cn(CCCCn3c(-c4cccc(O)c4)nc4ccccc4c3=O)nn2)c1. The van der Waals surface area contributed by atoms with Gasteiger partial charge in [-0.15, -0.1) is 5.10 Å². The predicted molar refractivity (Wildman–Crippen MR) is 184 cm³/mol. The molecule has 12 nitrogen and oxygen atoms in total. The molecule has 7 aromatic rings. The number of aromatic hydroxyl groups is 1. The second-order valence-electron chi connectivity index (χ2n) is 11.6. The van der Waals surface area contributed by atoms with Crippen LogP contribution in [0.4, 0.5) is 0 Å². The van der Waals surface area contributed by atoms with E-state index in [1.165, 1.54) is 6.92 Å². The van der Waals surface area contributed by atoms with Gasteiger partial charge in [0.25, 0.3) is 11.1 Å². The van der Waals surface area contributed by atoms with Gasteiger partial charge in [-0.05, 0) is 61.4 Å². The fourth-order valence-corrected chi connectivity index (χ4v) is 5.87. The van der Waals surface area contributed by atoms with Crippen molar-refractivity contribution in [3.8, 4) is 34.3 Å². The van der Waals surface area contributed by atoms with Crippen molar-refractivity contribution < 1.29 is 14.6 Å². The van der Waals surface area contributed by atoms with Gasteiger partial charge in [0, 0.05) is 31.1 Å². The van der Waals surface area contributed by atoms with Crippen molar-refractivity contribution >= 4 is 27.8 Å². The molecule has 0 spiro atoms. The monoisotopic (exact) mass is 653 g/mol. The Morgan fingerprint density at radius 2 is 1.35 bits per heavy atom. The number of carbonyl (C=O) groups is 1. The summed E-state index contributed by atoms with van der Waals surface area (Å²) < 4.78 is 10.2. The second-order valence-corrected chi connectivity index (χ2v) is 11.6. The van der Waals surface area contributed by atoms with Crippen LogP contribution < -0.4 is 15.9 Å². The van der Waals surface area contributed by atoms with Crippen molar-refractivity contribution in [3.05, 3.63) is 130 Å². The Morgan fingerprint density at radius 1 is 0.735 bits per heavy atom. The van der Waals surface area contributed by atoms with E-state index in [0.29, 0.717) is 82.0 Å². The van der Waals surface area contributed by atoms with E-state index < -0.39 is 5.97 Å². The highest BCUT2D eigenvalue weighted by Crippen LogP contribution is 2.25. The zero-order valence-electron chi connectivity index (χ0n) is 26.6. The summed E-state index contributed by atoms with van der Waals surface area (Å²) in [5.74, 6) is 0.893. The second kappa shape index (κ2) is 13.4. The molecule has 12 heteroatoms. The summed E-state index contributed by atoms with van der Waals surface area (Å²) in [4.78, 5) is 48.4. The smallest absolute Gasteiger partial charge is 0.308 e. The van der Waals surface area contributed by atoms with E-state index >= 15 is 0 Å². The first-order valence-electron chi connectivity index (χ1n) is 15.8. The van der Waals surface area contributed by atoms with Crippen LogP contribution in [0.2, 0.25) is 0 Å². The number of esters is 1. The molecular weight excluding hydrogens is 622 g/mol. The van der Waals surface area contributed by atoms with Crippen molar-refractivity contribution in [1.82, 2.24) is 34.1 Å². The molecule has 0 aliphatic heterocycles. The lowest BCUT2D eigenvalue weighted by Gasteiger charge is -2.14. The van der Waals surface area contributed by atoms with Gasteiger partial charge in [0.05, 0.1) is 34.5 Å². The minimum Gasteiger partial charge on any atom is -0.508 e. The lowest BCUT2D eigenvalue weighted by molar-refractivity contribution is -0.131. The number of benzene rings is 4. The van der Waals surface area contributed by atoms with Crippen molar-refractivity contribution in [3.63, 3.8) is 0 Å². The number of phenolic OH excluding ortho intramolecular Hbond substituents is 1. The Hall–Kier alpha value is -6.43. The van der Waals surface area contributed by atoms with Crippen LogP contribution in [-0.4, -0.2) is 45.2 Å². The molecule has 0 unspecified atom stereocenters. The first-order chi connectivity index (χ1) is 23.8. The molecule has 49 heavy (non-hydrogen) atoms. The average Bonchev–Trinajstić information content (AvgIpc) is 3.55. The van der Waals surface area contributed by atoms with Crippen molar-refractivity contribution in [2.75, 3.05) is 0 Å². The number of para-hydroxylation sites is 2. The summed E-state index contributed by atoms with van der Waals surface area (Å²) in [6, 6.07) is 28.0. The number of carbonyl (C=O) groups excluding carboxylic acids is 1. The van der Waals surface area contributed by atoms with E-state index in [-0.39, 0.29) is 23.4 Å². The highest BCUT2D eigenvalue weighted by atomic mass is 16.5. The number of unbranched alkanes of at least 4 members (excludes halogenated alkanes) is 1. The summed E-state index contributed by atoms with van der Waals surface area (Å²) in [5, 5.41) is 19.7. The number of phenols is 1. The summed E-state index contributed by atoms with van der Waals surface area (Å²) in [6.07, 6.45) is 3.13. The van der Waals surface area contributed by atoms with E-state index in [2.05, 4.69) is 10.3 Å². The molecule has 0 atom stereocenters. The summed E-state index contributed by atoms with van der Waals surface area (Å²) in [5.41, 5.74) is 2.60. The van der Waals surface area contributed by atoms with Crippen LogP contribution in [0.5, 0.6) is 11.5 Å². The van der Waals surface area contributed by atoms with Gasteiger partial charge in [0.15, 0.2) is 0 Å². The van der Waals surface area contributed by atoms with Gasteiger partial charge in [-0.2, -0.15) is 0 Å². The van der Waals surface area contributed by atoms with Gasteiger partial charge >= 0.3 is 5.97 Å². The third-order valence-electron chi connectivity index (χ3n) is 8.11. The van der Waals surface area contributed by atoms with Gasteiger partial charge in [-0.1, -0.05) is 53.7 Å². The molecule has 244 valence electrons. The van der Waals surface area contributed by atoms with Crippen LogP contribution in [0.15, 0.2) is 113 Å². The zero-order valence-corrected chi connectivity index (χ0v) is 26.6. The van der Waals surface area contributed by atoms with Crippen LogP contribution in [0.25, 0.3) is 44.6 Å². The van der Waals surface area contributed by atoms with E-state index in [4.69, 9.17) is 14.7 Å². The minimum absolute atomic E-state index is 0.0952. The Bertz CT molecular complexity index is 2470. The Morgan fingerprint density at radius 3 is 2.04 bits per heavy atom. The molecule has 0 bridgehead atoms. The number of hydrogen-bond donors (Lipinski definition) is 1. The summed E-state index contributed by atoms with van der Waals surface area (Å²) in [6.45, 7) is 2.40. The highest BCUT2D eigenvalue weighted by molar-refractivity contribution is 5.81. The first-order valence-corrected chi connectivity index (χ1v) is 15.8. The molecule has 0 saturated heterocycles. The Labute approximate surface area is 279 Å². The normalized spacial score (nSPS) is 11.3. The molecule has 7 rings (SSSR count). The third-order valence-corrected chi connectivity index (χ3v) is 8.11. The zero-order chi connectivity index (χ0) is 33.9. The molecule has 3 aromatic heterocycles. The fraction of sp³-hybridized carbons (Fsp3) is 0.162.